The van der Waals surface area contributed by atoms with Crippen molar-refractivity contribution in [2.75, 3.05) is 23.7 Å². The van der Waals surface area contributed by atoms with Crippen LogP contribution in [0.5, 0.6) is 0 Å². The van der Waals surface area contributed by atoms with E-state index in [-0.39, 0.29) is 11.3 Å². The van der Waals surface area contributed by atoms with E-state index in [4.69, 9.17) is 27.8 Å². The summed E-state index contributed by atoms with van der Waals surface area (Å²) in [7, 11) is 0. The Morgan fingerprint density at radius 3 is 3.11 bits per heavy atom. The van der Waals surface area contributed by atoms with Crippen molar-refractivity contribution >= 4 is 29.1 Å². The highest BCUT2D eigenvalue weighted by Gasteiger charge is 2.24. The third kappa shape index (κ3) is 2.76. The SMILES string of the molecule is NC(=O)OC1CCCN(c2ccnc(Cl)c2N)C1. The number of carbonyl (C=O) groups excluding carboxylic acids is 1. The summed E-state index contributed by atoms with van der Waals surface area (Å²) in [6.07, 6.45) is 2.35. The van der Waals surface area contributed by atoms with Crippen LogP contribution in [0.25, 0.3) is 0 Å². The van der Waals surface area contributed by atoms with Crippen LogP contribution < -0.4 is 16.4 Å². The molecule has 98 valence electrons. The van der Waals surface area contributed by atoms with Crippen LogP contribution in [-0.2, 0) is 4.74 Å². The van der Waals surface area contributed by atoms with Crippen LogP contribution in [0.4, 0.5) is 16.2 Å². The van der Waals surface area contributed by atoms with E-state index in [1.807, 2.05) is 4.90 Å². The fraction of sp³-hybridized carbons (Fsp3) is 0.455. The molecule has 0 bridgehead atoms. The lowest BCUT2D eigenvalue weighted by Gasteiger charge is -2.34. The monoisotopic (exact) mass is 270 g/mol. The third-order valence-corrected chi connectivity index (χ3v) is 3.22. The summed E-state index contributed by atoms with van der Waals surface area (Å²) in [5, 5.41) is 0.283. The average molecular weight is 271 g/mol. The van der Waals surface area contributed by atoms with Gasteiger partial charge < -0.3 is 21.1 Å². The Hall–Kier alpha value is -1.69. The van der Waals surface area contributed by atoms with Gasteiger partial charge in [-0.2, -0.15) is 0 Å². The molecule has 1 aromatic heterocycles. The summed E-state index contributed by atoms with van der Waals surface area (Å²) in [4.78, 5) is 16.7. The van der Waals surface area contributed by atoms with Gasteiger partial charge in [-0.1, -0.05) is 11.6 Å². The summed E-state index contributed by atoms with van der Waals surface area (Å²) in [5.74, 6) is 0. The molecule has 0 radical (unpaired) electrons. The van der Waals surface area contributed by atoms with E-state index in [9.17, 15) is 4.79 Å². The van der Waals surface area contributed by atoms with Crippen LogP contribution >= 0.6 is 11.6 Å². The van der Waals surface area contributed by atoms with E-state index in [0.29, 0.717) is 12.2 Å². The number of primary amides is 1. The van der Waals surface area contributed by atoms with Gasteiger partial charge in [-0.3, -0.25) is 0 Å². The van der Waals surface area contributed by atoms with Gasteiger partial charge in [0, 0.05) is 12.7 Å². The zero-order chi connectivity index (χ0) is 13.1. The van der Waals surface area contributed by atoms with Crippen molar-refractivity contribution in [2.24, 2.45) is 5.73 Å². The van der Waals surface area contributed by atoms with Crippen LogP contribution in [0.2, 0.25) is 5.15 Å². The van der Waals surface area contributed by atoms with Gasteiger partial charge in [-0.05, 0) is 18.9 Å². The predicted molar refractivity (Wildman–Crippen MR) is 69.6 cm³/mol. The largest absolute Gasteiger partial charge is 0.445 e. The first kappa shape index (κ1) is 12.8. The molecule has 1 aromatic rings. The fourth-order valence-corrected chi connectivity index (χ4v) is 2.28. The molecule has 0 aliphatic carbocycles. The molecule has 1 unspecified atom stereocenters. The fourth-order valence-electron chi connectivity index (χ4n) is 2.13. The van der Waals surface area contributed by atoms with Crippen LogP contribution in [0.15, 0.2) is 12.3 Å². The van der Waals surface area contributed by atoms with Crippen LogP contribution in [0, 0.1) is 0 Å². The van der Waals surface area contributed by atoms with Gasteiger partial charge in [0.1, 0.15) is 6.10 Å². The number of nitrogens with two attached hydrogens (primary N) is 2. The molecular weight excluding hydrogens is 256 g/mol. The number of anilines is 2. The molecular formula is C11H15ClN4O2. The Labute approximate surface area is 110 Å². The highest BCUT2D eigenvalue weighted by atomic mass is 35.5. The molecule has 1 fully saturated rings. The number of piperidine rings is 1. The normalized spacial score (nSPS) is 19.6. The molecule has 1 atom stereocenters. The number of hydrogen-bond acceptors (Lipinski definition) is 5. The van der Waals surface area contributed by atoms with Gasteiger partial charge in [0.05, 0.1) is 17.9 Å². The molecule has 1 aliphatic rings. The summed E-state index contributed by atoms with van der Waals surface area (Å²) in [6.45, 7) is 1.40. The quantitative estimate of drug-likeness (QED) is 0.792. The molecule has 1 saturated heterocycles. The maximum absolute atomic E-state index is 10.8. The molecule has 0 aromatic carbocycles. The summed E-state index contributed by atoms with van der Waals surface area (Å²) in [6, 6.07) is 1.80. The minimum absolute atomic E-state index is 0.206. The third-order valence-electron chi connectivity index (χ3n) is 2.92. The first-order chi connectivity index (χ1) is 8.58. The first-order valence-corrected chi connectivity index (χ1v) is 6.06. The van der Waals surface area contributed by atoms with Crippen LogP contribution in [-0.4, -0.2) is 30.3 Å². The highest BCUT2D eigenvalue weighted by Crippen LogP contribution is 2.30. The Balaban J connectivity index is 2.13. The first-order valence-electron chi connectivity index (χ1n) is 5.69. The molecule has 6 nitrogen and oxygen atoms in total. The number of aromatic nitrogens is 1. The average Bonchev–Trinajstić information content (AvgIpc) is 2.32. The molecule has 2 rings (SSSR count). The number of nitrogens with zero attached hydrogens (tertiary/aromatic N) is 2. The molecule has 4 N–H and O–H groups in total. The number of amides is 1. The second kappa shape index (κ2) is 5.30. The number of carbonyl (C=O) groups is 1. The number of halogens is 1. The van der Waals surface area contributed by atoms with Crippen molar-refractivity contribution in [3.8, 4) is 0 Å². The van der Waals surface area contributed by atoms with E-state index >= 15 is 0 Å². The zero-order valence-corrected chi connectivity index (χ0v) is 10.6. The van der Waals surface area contributed by atoms with Crippen molar-refractivity contribution in [3.05, 3.63) is 17.4 Å². The van der Waals surface area contributed by atoms with Crippen molar-refractivity contribution in [3.63, 3.8) is 0 Å². The van der Waals surface area contributed by atoms with Crippen molar-refractivity contribution < 1.29 is 9.53 Å². The standard InChI is InChI=1S/C11H15ClN4O2/c12-10-9(13)8(3-4-15-10)16-5-1-2-7(6-16)18-11(14)17/h3-4,7H,1-2,5-6,13H2,(H2,14,17). The van der Waals surface area contributed by atoms with Gasteiger partial charge >= 0.3 is 6.09 Å². The van der Waals surface area contributed by atoms with E-state index in [1.165, 1.54) is 0 Å². The number of rotatable bonds is 2. The second-order valence-corrected chi connectivity index (χ2v) is 4.54. The molecule has 0 saturated carbocycles. The van der Waals surface area contributed by atoms with E-state index in [1.54, 1.807) is 12.3 Å². The van der Waals surface area contributed by atoms with Crippen LogP contribution in [0.3, 0.4) is 0 Å². The van der Waals surface area contributed by atoms with E-state index in [0.717, 1.165) is 25.1 Å². The Kier molecular flexibility index (Phi) is 3.76. The lowest BCUT2D eigenvalue weighted by molar-refractivity contribution is 0.0966. The summed E-state index contributed by atoms with van der Waals surface area (Å²) < 4.78 is 5.02. The zero-order valence-electron chi connectivity index (χ0n) is 9.80. The van der Waals surface area contributed by atoms with Gasteiger partial charge in [-0.25, -0.2) is 9.78 Å². The number of ether oxygens (including phenoxy) is 1. The number of pyridine rings is 1. The van der Waals surface area contributed by atoms with Crippen LogP contribution in [0.1, 0.15) is 12.8 Å². The lowest BCUT2D eigenvalue weighted by Crippen LogP contribution is -2.41. The Morgan fingerprint density at radius 1 is 1.61 bits per heavy atom. The van der Waals surface area contributed by atoms with Gasteiger partial charge in [0.15, 0.2) is 5.15 Å². The Morgan fingerprint density at radius 2 is 2.39 bits per heavy atom. The maximum Gasteiger partial charge on any atom is 0.404 e. The molecule has 1 aliphatic heterocycles. The summed E-state index contributed by atoms with van der Waals surface area (Å²) in [5.41, 5.74) is 12.2. The highest BCUT2D eigenvalue weighted by molar-refractivity contribution is 6.32. The van der Waals surface area contributed by atoms with Crippen molar-refractivity contribution in [2.45, 2.75) is 18.9 Å². The van der Waals surface area contributed by atoms with Crippen molar-refractivity contribution in [1.29, 1.82) is 0 Å². The minimum atomic E-state index is -0.748. The molecule has 18 heavy (non-hydrogen) atoms. The molecule has 1 amide bonds. The van der Waals surface area contributed by atoms with Crippen molar-refractivity contribution in [1.82, 2.24) is 4.98 Å². The smallest absolute Gasteiger partial charge is 0.404 e. The van der Waals surface area contributed by atoms with E-state index < -0.39 is 6.09 Å². The second-order valence-electron chi connectivity index (χ2n) is 4.18. The van der Waals surface area contributed by atoms with E-state index in [2.05, 4.69) is 4.98 Å². The molecule has 0 spiro atoms. The lowest BCUT2D eigenvalue weighted by atomic mass is 10.1. The predicted octanol–water partition coefficient (Wildman–Crippen LogP) is 1.38. The summed E-state index contributed by atoms with van der Waals surface area (Å²) >= 11 is 5.89. The van der Waals surface area contributed by atoms with Gasteiger partial charge in [0.25, 0.3) is 0 Å². The molecule has 2 heterocycles. The molecule has 7 heteroatoms. The van der Waals surface area contributed by atoms with Gasteiger partial charge in [-0.15, -0.1) is 0 Å². The topological polar surface area (TPSA) is 94.5 Å². The minimum Gasteiger partial charge on any atom is -0.445 e. The maximum atomic E-state index is 10.8. The number of nitrogen functional groups attached to an aromatic ring is 1. The number of hydrogen-bond donors (Lipinski definition) is 2. The Bertz CT molecular complexity index is 455. The van der Waals surface area contributed by atoms with Gasteiger partial charge in [0.2, 0.25) is 0 Å².